The highest BCUT2D eigenvalue weighted by atomic mass is 19.1. The zero-order valence-corrected chi connectivity index (χ0v) is 15.2. The Balaban J connectivity index is 1.68. The van der Waals surface area contributed by atoms with Crippen molar-refractivity contribution in [2.75, 3.05) is 24.5 Å². The number of benzene rings is 1. The molecule has 3 atom stereocenters. The maximum Gasteiger partial charge on any atom is 0.410 e. The van der Waals surface area contributed by atoms with Crippen LogP contribution >= 0.6 is 0 Å². The first-order valence-electron chi connectivity index (χ1n) is 8.99. The predicted molar refractivity (Wildman–Crippen MR) is 96.4 cm³/mol. The molecule has 2 N–H and O–H groups in total. The minimum atomic E-state index is -1.12. The van der Waals surface area contributed by atoms with E-state index in [0.29, 0.717) is 5.56 Å². The Hall–Kier alpha value is -1.82. The van der Waals surface area contributed by atoms with Gasteiger partial charge in [-0.15, -0.1) is 0 Å². The average Bonchev–Trinajstić information content (AvgIpc) is 2.83. The maximum atomic E-state index is 13.7. The molecule has 2 heterocycles. The summed E-state index contributed by atoms with van der Waals surface area (Å²) in [5.41, 5.74) is 6.58. The summed E-state index contributed by atoms with van der Waals surface area (Å²) in [5.74, 6) is 0. The zero-order valence-electron chi connectivity index (χ0n) is 15.2. The van der Waals surface area contributed by atoms with Gasteiger partial charge in [-0.2, -0.15) is 0 Å². The molecule has 2 aliphatic heterocycles. The molecular formula is C19H28FN3O2. The fourth-order valence-corrected chi connectivity index (χ4v) is 3.76. The molecule has 0 spiro atoms. The maximum absolute atomic E-state index is 13.7. The third-order valence-corrected chi connectivity index (χ3v) is 4.91. The predicted octanol–water partition coefficient (Wildman–Crippen LogP) is 3.24. The standard InChI is InChI=1S/C19H28FN3O2/c1-19(2,3)25-18(24)23-15-8-9-16(23)12-22(11-15)14-6-4-13(5-7-14)17(20)10-21/h4-7,15-17H,8-12,21H2,1-3H3/t15?,16?,17-/m1/s1. The van der Waals surface area contributed by atoms with E-state index in [1.807, 2.05) is 37.8 Å². The van der Waals surface area contributed by atoms with Crippen molar-refractivity contribution in [3.05, 3.63) is 29.8 Å². The molecule has 2 bridgehead atoms. The van der Waals surface area contributed by atoms with E-state index in [0.717, 1.165) is 31.6 Å². The van der Waals surface area contributed by atoms with E-state index in [2.05, 4.69) is 4.90 Å². The van der Waals surface area contributed by atoms with Gasteiger partial charge in [-0.25, -0.2) is 9.18 Å². The van der Waals surface area contributed by atoms with Gasteiger partial charge in [0.15, 0.2) is 0 Å². The van der Waals surface area contributed by atoms with Crippen LogP contribution in [0.4, 0.5) is 14.9 Å². The molecule has 1 amide bonds. The number of carbonyl (C=O) groups is 1. The SMILES string of the molecule is CC(C)(C)OC(=O)N1C2CCC1CN(c1ccc([C@H](F)CN)cc1)C2. The summed E-state index contributed by atoms with van der Waals surface area (Å²) in [6.45, 7) is 7.24. The summed E-state index contributed by atoms with van der Waals surface area (Å²) in [6, 6.07) is 7.84. The second-order valence-electron chi connectivity index (χ2n) is 7.97. The van der Waals surface area contributed by atoms with Crippen LogP contribution < -0.4 is 10.6 Å². The zero-order chi connectivity index (χ0) is 18.2. The topological polar surface area (TPSA) is 58.8 Å². The summed E-state index contributed by atoms with van der Waals surface area (Å²) in [5, 5.41) is 0. The van der Waals surface area contributed by atoms with Gasteiger partial charge in [0.1, 0.15) is 11.8 Å². The molecule has 2 saturated heterocycles. The van der Waals surface area contributed by atoms with Crippen molar-refractivity contribution in [3.63, 3.8) is 0 Å². The third kappa shape index (κ3) is 3.89. The van der Waals surface area contributed by atoms with Crippen LogP contribution in [0.2, 0.25) is 0 Å². The molecule has 5 nitrogen and oxygen atoms in total. The third-order valence-electron chi connectivity index (χ3n) is 4.91. The molecule has 2 fully saturated rings. The van der Waals surface area contributed by atoms with Crippen LogP contribution in [0.3, 0.4) is 0 Å². The normalized spacial score (nSPS) is 24.4. The number of hydrogen-bond acceptors (Lipinski definition) is 4. The summed E-state index contributed by atoms with van der Waals surface area (Å²) >= 11 is 0. The molecule has 0 aliphatic carbocycles. The van der Waals surface area contributed by atoms with Crippen molar-refractivity contribution >= 4 is 11.8 Å². The molecule has 25 heavy (non-hydrogen) atoms. The van der Waals surface area contributed by atoms with Gasteiger partial charge in [-0.05, 0) is 51.3 Å². The molecule has 2 unspecified atom stereocenters. The van der Waals surface area contributed by atoms with Gasteiger partial charge in [-0.3, -0.25) is 4.90 Å². The molecule has 1 aromatic rings. The van der Waals surface area contributed by atoms with Crippen LogP contribution in [0.15, 0.2) is 24.3 Å². The monoisotopic (exact) mass is 349 g/mol. The van der Waals surface area contributed by atoms with E-state index in [9.17, 15) is 9.18 Å². The van der Waals surface area contributed by atoms with Gasteiger partial charge in [0, 0.05) is 25.3 Å². The molecule has 1 aromatic carbocycles. The Labute approximate surface area is 148 Å². The minimum absolute atomic E-state index is 0.00193. The molecule has 0 aromatic heterocycles. The first-order valence-corrected chi connectivity index (χ1v) is 8.99. The Bertz CT molecular complexity index is 600. The molecule has 0 saturated carbocycles. The Morgan fingerprint density at radius 1 is 1.24 bits per heavy atom. The molecule has 6 heteroatoms. The lowest BCUT2D eigenvalue weighted by molar-refractivity contribution is 0.0123. The number of anilines is 1. The van der Waals surface area contributed by atoms with Crippen LogP contribution in [0.25, 0.3) is 0 Å². The first-order chi connectivity index (χ1) is 11.8. The van der Waals surface area contributed by atoms with Gasteiger partial charge in [-0.1, -0.05) is 12.1 Å². The van der Waals surface area contributed by atoms with Crippen LogP contribution in [-0.4, -0.2) is 48.3 Å². The number of nitrogens with two attached hydrogens (primary N) is 1. The van der Waals surface area contributed by atoms with Crippen LogP contribution in [0, 0.1) is 0 Å². The van der Waals surface area contributed by atoms with E-state index in [-0.39, 0.29) is 24.7 Å². The highest BCUT2D eigenvalue weighted by Gasteiger charge is 2.44. The van der Waals surface area contributed by atoms with Crippen LogP contribution in [-0.2, 0) is 4.74 Å². The number of nitrogens with zero attached hydrogens (tertiary/aromatic N) is 2. The van der Waals surface area contributed by atoms with Crippen molar-refractivity contribution in [1.29, 1.82) is 0 Å². The van der Waals surface area contributed by atoms with Crippen LogP contribution in [0.5, 0.6) is 0 Å². The number of fused-ring (bicyclic) bond motifs is 2. The van der Waals surface area contributed by atoms with Crippen molar-refractivity contribution in [3.8, 4) is 0 Å². The fourth-order valence-electron chi connectivity index (χ4n) is 3.76. The second kappa shape index (κ2) is 6.83. The van der Waals surface area contributed by atoms with E-state index in [1.54, 1.807) is 12.1 Å². The van der Waals surface area contributed by atoms with Gasteiger partial charge >= 0.3 is 6.09 Å². The van der Waals surface area contributed by atoms with Crippen molar-refractivity contribution in [2.24, 2.45) is 5.73 Å². The van der Waals surface area contributed by atoms with Gasteiger partial charge in [0.05, 0.1) is 12.1 Å². The Kier molecular flexibility index (Phi) is 4.91. The number of carbonyl (C=O) groups excluding carboxylic acids is 1. The summed E-state index contributed by atoms with van der Waals surface area (Å²) in [4.78, 5) is 16.7. The van der Waals surface area contributed by atoms with Gasteiger partial charge in [0.25, 0.3) is 0 Å². The average molecular weight is 349 g/mol. The smallest absolute Gasteiger partial charge is 0.410 e. The van der Waals surface area contributed by atoms with E-state index >= 15 is 0 Å². The number of piperazine rings is 1. The molecular weight excluding hydrogens is 321 g/mol. The molecule has 3 rings (SSSR count). The highest BCUT2D eigenvalue weighted by Crippen LogP contribution is 2.34. The van der Waals surface area contributed by atoms with Crippen molar-refractivity contribution in [2.45, 2.75) is 57.5 Å². The Morgan fingerprint density at radius 2 is 1.80 bits per heavy atom. The number of alkyl halides is 1. The fraction of sp³-hybridized carbons (Fsp3) is 0.632. The quantitative estimate of drug-likeness (QED) is 0.910. The summed E-state index contributed by atoms with van der Waals surface area (Å²) in [6.07, 6.45) is 0.670. The highest BCUT2D eigenvalue weighted by molar-refractivity contribution is 5.70. The molecule has 2 aliphatic rings. The Morgan fingerprint density at radius 3 is 2.28 bits per heavy atom. The van der Waals surface area contributed by atoms with E-state index < -0.39 is 11.8 Å². The minimum Gasteiger partial charge on any atom is -0.444 e. The van der Waals surface area contributed by atoms with Crippen LogP contribution in [0.1, 0.15) is 45.3 Å². The number of ether oxygens (including phenoxy) is 1. The number of rotatable bonds is 3. The summed E-state index contributed by atoms with van der Waals surface area (Å²) in [7, 11) is 0. The lowest BCUT2D eigenvalue weighted by Crippen LogP contribution is -2.56. The largest absolute Gasteiger partial charge is 0.444 e. The molecule has 0 radical (unpaired) electrons. The van der Waals surface area contributed by atoms with Crippen molar-refractivity contribution < 1.29 is 13.9 Å². The number of hydrogen-bond donors (Lipinski definition) is 1. The first kappa shape index (κ1) is 18.0. The molecule has 138 valence electrons. The summed E-state index contributed by atoms with van der Waals surface area (Å²) < 4.78 is 19.2. The van der Waals surface area contributed by atoms with Gasteiger partial charge < -0.3 is 15.4 Å². The van der Waals surface area contributed by atoms with E-state index in [4.69, 9.17) is 10.5 Å². The lowest BCUT2D eigenvalue weighted by Gasteiger charge is -2.42. The van der Waals surface area contributed by atoms with Crippen molar-refractivity contribution in [1.82, 2.24) is 4.90 Å². The second-order valence-corrected chi connectivity index (χ2v) is 7.97. The number of halogens is 1. The van der Waals surface area contributed by atoms with E-state index in [1.165, 1.54) is 0 Å². The lowest BCUT2D eigenvalue weighted by atomic mass is 10.1. The number of amides is 1. The van der Waals surface area contributed by atoms with Gasteiger partial charge in [0.2, 0.25) is 0 Å².